The number of piperidine rings is 1. The summed E-state index contributed by atoms with van der Waals surface area (Å²) in [6, 6.07) is 4.82. The number of anilines is 1. The molecule has 142 valence electrons. The van der Waals surface area contributed by atoms with E-state index in [1.54, 1.807) is 26.0 Å². The summed E-state index contributed by atoms with van der Waals surface area (Å²) >= 11 is 1.41. The fourth-order valence-electron chi connectivity index (χ4n) is 3.09. The molecule has 0 aromatic heterocycles. The van der Waals surface area contributed by atoms with E-state index in [1.165, 1.54) is 22.1 Å². The maximum Gasteiger partial charge on any atom is 0.309 e. The number of benzene rings is 1. The maximum absolute atomic E-state index is 12.9. The molecule has 0 bridgehead atoms. The normalized spacial score (nSPS) is 21.8. The van der Waals surface area contributed by atoms with E-state index in [0.717, 1.165) is 4.90 Å². The first-order valence-corrected chi connectivity index (χ1v) is 10.9. The summed E-state index contributed by atoms with van der Waals surface area (Å²) in [5.41, 5.74) is 0.528. The van der Waals surface area contributed by atoms with E-state index in [9.17, 15) is 18.0 Å². The van der Waals surface area contributed by atoms with Crippen molar-refractivity contribution in [3.8, 4) is 0 Å². The number of hydrogen-bond acceptors (Lipinski definition) is 6. The molecule has 1 N–H and O–H groups in total. The van der Waals surface area contributed by atoms with Gasteiger partial charge in [0.05, 0.1) is 28.4 Å². The lowest BCUT2D eigenvalue weighted by atomic mass is 9.98. The summed E-state index contributed by atoms with van der Waals surface area (Å²) < 4.78 is 32.2. The molecule has 1 aromatic rings. The van der Waals surface area contributed by atoms with Gasteiger partial charge in [0.25, 0.3) is 0 Å². The Bertz CT molecular complexity index is 816. The van der Waals surface area contributed by atoms with Crippen LogP contribution < -0.4 is 5.32 Å². The van der Waals surface area contributed by atoms with Crippen molar-refractivity contribution < 1.29 is 22.7 Å². The van der Waals surface area contributed by atoms with Gasteiger partial charge >= 0.3 is 5.97 Å². The molecule has 9 heteroatoms. The van der Waals surface area contributed by atoms with Gasteiger partial charge in [0.15, 0.2) is 0 Å². The number of fused-ring (bicyclic) bond motifs is 1. The van der Waals surface area contributed by atoms with E-state index in [1.807, 2.05) is 0 Å². The molecule has 3 rings (SSSR count). The molecule has 2 aliphatic heterocycles. The van der Waals surface area contributed by atoms with Gasteiger partial charge in [0.1, 0.15) is 0 Å². The second-order valence-corrected chi connectivity index (χ2v) is 9.66. The Kier molecular flexibility index (Phi) is 5.59. The number of amides is 1. The zero-order valence-electron chi connectivity index (χ0n) is 14.7. The number of ether oxygens (including phenoxy) is 1. The molecule has 0 radical (unpaired) electrons. The molecule has 1 amide bonds. The van der Waals surface area contributed by atoms with Gasteiger partial charge in [-0.3, -0.25) is 9.59 Å². The van der Waals surface area contributed by atoms with Crippen LogP contribution in [0.4, 0.5) is 5.69 Å². The van der Waals surface area contributed by atoms with Crippen LogP contribution in [0.3, 0.4) is 0 Å². The minimum Gasteiger partial charge on any atom is -0.466 e. The van der Waals surface area contributed by atoms with E-state index in [4.69, 9.17) is 4.74 Å². The molecular formula is C17H22N2O5S2. The van der Waals surface area contributed by atoms with Crippen LogP contribution in [0, 0.1) is 5.92 Å². The lowest BCUT2D eigenvalue weighted by Gasteiger charge is -2.30. The van der Waals surface area contributed by atoms with Crippen molar-refractivity contribution in [3.63, 3.8) is 0 Å². The number of sulfonamides is 1. The Labute approximate surface area is 157 Å². The number of rotatable bonds is 4. The van der Waals surface area contributed by atoms with Gasteiger partial charge in [0.2, 0.25) is 15.9 Å². The van der Waals surface area contributed by atoms with Crippen molar-refractivity contribution >= 4 is 39.3 Å². The van der Waals surface area contributed by atoms with E-state index < -0.39 is 10.0 Å². The second kappa shape index (κ2) is 7.58. The molecule has 1 fully saturated rings. The third-order valence-electron chi connectivity index (χ3n) is 4.59. The largest absolute Gasteiger partial charge is 0.466 e. The smallest absolute Gasteiger partial charge is 0.309 e. The molecule has 0 unspecified atom stereocenters. The number of hydrogen-bond donors (Lipinski definition) is 1. The molecule has 1 atom stereocenters. The van der Waals surface area contributed by atoms with Crippen molar-refractivity contribution in [2.75, 3.05) is 25.0 Å². The average Bonchev–Trinajstić information content (AvgIpc) is 2.62. The maximum atomic E-state index is 12.9. The van der Waals surface area contributed by atoms with Gasteiger partial charge < -0.3 is 10.1 Å². The van der Waals surface area contributed by atoms with Crippen molar-refractivity contribution in [2.24, 2.45) is 5.92 Å². The number of nitrogens with zero attached hydrogens (tertiary/aromatic N) is 1. The number of thioether (sulfide) groups is 1. The van der Waals surface area contributed by atoms with Crippen LogP contribution in [-0.4, -0.2) is 49.5 Å². The van der Waals surface area contributed by atoms with Crippen molar-refractivity contribution in [3.05, 3.63) is 18.2 Å². The zero-order chi connectivity index (χ0) is 18.9. The molecule has 7 nitrogen and oxygen atoms in total. The molecule has 2 heterocycles. The Balaban J connectivity index is 1.74. The first-order chi connectivity index (χ1) is 12.3. The van der Waals surface area contributed by atoms with Crippen molar-refractivity contribution in [2.45, 2.75) is 41.7 Å². The van der Waals surface area contributed by atoms with Crippen molar-refractivity contribution in [1.82, 2.24) is 4.31 Å². The first-order valence-electron chi connectivity index (χ1n) is 8.61. The highest BCUT2D eigenvalue weighted by Crippen LogP contribution is 2.37. The highest BCUT2D eigenvalue weighted by atomic mass is 32.2. The van der Waals surface area contributed by atoms with Crippen LogP contribution in [0.5, 0.6) is 0 Å². The molecule has 26 heavy (non-hydrogen) atoms. The van der Waals surface area contributed by atoms with E-state index in [0.29, 0.717) is 25.1 Å². The van der Waals surface area contributed by atoms with Crippen LogP contribution in [0.15, 0.2) is 28.0 Å². The fourth-order valence-corrected chi connectivity index (χ4v) is 5.52. The lowest BCUT2D eigenvalue weighted by Crippen LogP contribution is -2.40. The van der Waals surface area contributed by atoms with Crippen LogP contribution in [-0.2, 0) is 24.3 Å². The quantitative estimate of drug-likeness (QED) is 0.781. The molecule has 0 aliphatic carbocycles. The van der Waals surface area contributed by atoms with Gasteiger partial charge in [-0.2, -0.15) is 4.31 Å². The average molecular weight is 399 g/mol. The highest BCUT2D eigenvalue weighted by Gasteiger charge is 2.33. The van der Waals surface area contributed by atoms with Gasteiger partial charge in [-0.15, -0.1) is 11.8 Å². The standard InChI is InChI=1S/C17H22N2O5S2/c1-3-24-17(21)12-6-8-19(9-7-12)26(22,23)13-4-5-15-14(10-13)18-16(20)11(2)25-15/h4-5,10-12H,3,6-9H2,1-2H3,(H,18,20)/t11-/m1/s1. The number of esters is 1. The van der Waals surface area contributed by atoms with Crippen LogP contribution in [0.25, 0.3) is 0 Å². The van der Waals surface area contributed by atoms with Crippen molar-refractivity contribution in [1.29, 1.82) is 0 Å². The summed E-state index contributed by atoms with van der Waals surface area (Å²) in [4.78, 5) is 24.7. The third kappa shape index (κ3) is 3.74. The Morgan fingerprint density at radius 3 is 2.69 bits per heavy atom. The number of nitrogens with one attached hydrogen (secondary N) is 1. The molecular weight excluding hydrogens is 376 g/mol. The van der Waals surface area contributed by atoms with Gasteiger partial charge in [-0.1, -0.05) is 0 Å². The Morgan fingerprint density at radius 1 is 1.35 bits per heavy atom. The monoisotopic (exact) mass is 398 g/mol. The predicted molar refractivity (Wildman–Crippen MR) is 98.5 cm³/mol. The van der Waals surface area contributed by atoms with E-state index in [2.05, 4.69) is 5.32 Å². The molecule has 0 saturated carbocycles. The molecule has 1 aromatic carbocycles. The molecule has 0 spiro atoms. The predicted octanol–water partition coefficient (Wildman–Crippen LogP) is 2.08. The first kappa shape index (κ1) is 19.2. The van der Waals surface area contributed by atoms with Crippen LogP contribution >= 0.6 is 11.8 Å². The minimum absolute atomic E-state index is 0.132. The second-order valence-electron chi connectivity index (χ2n) is 6.34. The molecule has 1 saturated heterocycles. The van der Waals surface area contributed by atoms with Gasteiger partial charge in [-0.05, 0) is 44.9 Å². The van der Waals surface area contributed by atoms with Crippen LogP contribution in [0.1, 0.15) is 26.7 Å². The van der Waals surface area contributed by atoms with Crippen LogP contribution in [0.2, 0.25) is 0 Å². The molecule has 2 aliphatic rings. The SMILES string of the molecule is CCOC(=O)C1CCN(S(=O)(=O)c2ccc3c(c2)NC(=O)[C@@H](C)S3)CC1. The lowest BCUT2D eigenvalue weighted by molar-refractivity contribution is -0.149. The Morgan fingerprint density at radius 2 is 2.04 bits per heavy atom. The van der Waals surface area contributed by atoms with E-state index >= 15 is 0 Å². The highest BCUT2D eigenvalue weighted by molar-refractivity contribution is 8.01. The zero-order valence-corrected chi connectivity index (χ0v) is 16.4. The topological polar surface area (TPSA) is 92.8 Å². The summed E-state index contributed by atoms with van der Waals surface area (Å²) in [7, 11) is -3.67. The van der Waals surface area contributed by atoms with E-state index in [-0.39, 0.29) is 41.0 Å². The number of carbonyl (C=O) groups excluding carboxylic acids is 2. The summed E-state index contributed by atoms with van der Waals surface area (Å²) in [6.07, 6.45) is 0.903. The summed E-state index contributed by atoms with van der Waals surface area (Å²) in [5, 5.41) is 2.56. The fraction of sp³-hybridized carbons (Fsp3) is 0.529. The Hall–Kier alpha value is -1.58. The van der Waals surface area contributed by atoms with Gasteiger partial charge in [0, 0.05) is 18.0 Å². The number of carbonyl (C=O) groups is 2. The minimum atomic E-state index is -3.67. The summed E-state index contributed by atoms with van der Waals surface area (Å²) in [6.45, 7) is 4.45. The third-order valence-corrected chi connectivity index (χ3v) is 7.67. The van der Waals surface area contributed by atoms with Gasteiger partial charge in [-0.25, -0.2) is 8.42 Å². The summed E-state index contributed by atoms with van der Waals surface area (Å²) in [5.74, 6) is -0.637.